The average Bonchev–Trinajstić information content (AvgIpc) is 2.46. The monoisotopic (exact) mass is 295 g/mol. The number of piperidine rings is 1. The van der Waals surface area contributed by atoms with Crippen molar-refractivity contribution in [3.8, 4) is 0 Å². The van der Waals surface area contributed by atoms with Gasteiger partial charge in [0.15, 0.2) is 0 Å². The summed E-state index contributed by atoms with van der Waals surface area (Å²) < 4.78 is 13.6. The highest BCUT2D eigenvalue weighted by Gasteiger charge is 2.25. The molecule has 1 aliphatic heterocycles. The smallest absolute Gasteiger partial charge is 0.304 e. The molecule has 114 valence electrons. The maximum absolute atomic E-state index is 13.6. The number of nitrogens with zero attached hydrogens (tertiary/aromatic N) is 3. The van der Waals surface area contributed by atoms with E-state index in [0.717, 1.165) is 25.2 Å². The zero-order valence-corrected chi connectivity index (χ0v) is 11.8. The third-order valence-electron chi connectivity index (χ3n) is 3.87. The van der Waals surface area contributed by atoms with E-state index in [1.807, 2.05) is 6.92 Å². The van der Waals surface area contributed by atoms with Crippen molar-refractivity contribution < 1.29 is 14.5 Å². The van der Waals surface area contributed by atoms with E-state index in [0.29, 0.717) is 18.5 Å². The van der Waals surface area contributed by atoms with Crippen LogP contribution in [0.4, 0.5) is 10.1 Å². The zero-order chi connectivity index (χ0) is 15.4. The second kappa shape index (κ2) is 6.62. The summed E-state index contributed by atoms with van der Waals surface area (Å²) in [6.07, 6.45) is 1.56. The molecule has 0 amide bonds. The van der Waals surface area contributed by atoms with E-state index in [4.69, 9.17) is 5.21 Å². The number of hydrogen-bond acceptors (Lipinski definition) is 5. The van der Waals surface area contributed by atoms with Crippen LogP contribution in [-0.2, 0) is 6.54 Å². The molecular formula is C14H18FN3O3. The Bertz CT molecular complexity index is 562. The summed E-state index contributed by atoms with van der Waals surface area (Å²) in [5.41, 5.74) is 1.01. The lowest BCUT2D eigenvalue weighted by molar-refractivity contribution is -0.387. The average molecular weight is 295 g/mol. The van der Waals surface area contributed by atoms with Gasteiger partial charge in [0.25, 0.3) is 0 Å². The van der Waals surface area contributed by atoms with Crippen LogP contribution in [0, 0.1) is 21.8 Å². The lowest BCUT2D eigenvalue weighted by Crippen LogP contribution is -2.40. The number of benzene rings is 1. The Labute approximate surface area is 122 Å². The number of halogens is 1. The molecule has 21 heavy (non-hydrogen) atoms. The molecule has 1 atom stereocenters. The first-order valence-electron chi connectivity index (χ1n) is 6.91. The molecule has 1 aromatic carbocycles. The van der Waals surface area contributed by atoms with Crippen LogP contribution < -0.4 is 0 Å². The summed E-state index contributed by atoms with van der Waals surface area (Å²) in [4.78, 5) is 12.0. The fourth-order valence-electron chi connectivity index (χ4n) is 2.68. The Kier molecular flexibility index (Phi) is 4.85. The van der Waals surface area contributed by atoms with Crippen molar-refractivity contribution in [2.45, 2.75) is 26.3 Å². The van der Waals surface area contributed by atoms with Gasteiger partial charge in [0.05, 0.1) is 10.6 Å². The number of nitro groups is 1. The third-order valence-corrected chi connectivity index (χ3v) is 3.87. The largest absolute Gasteiger partial charge is 0.411 e. The van der Waals surface area contributed by atoms with Crippen LogP contribution in [0.1, 0.15) is 25.3 Å². The van der Waals surface area contributed by atoms with Crippen LogP contribution in [0.25, 0.3) is 0 Å². The number of hydrogen-bond donors (Lipinski definition) is 1. The molecule has 1 heterocycles. The van der Waals surface area contributed by atoms with Gasteiger partial charge in [0.1, 0.15) is 0 Å². The molecule has 0 spiro atoms. The number of rotatable bonds is 4. The van der Waals surface area contributed by atoms with Gasteiger partial charge in [-0.3, -0.25) is 15.0 Å². The van der Waals surface area contributed by atoms with Gasteiger partial charge in [0.2, 0.25) is 5.82 Å². The minimum Gasteiger partial charge on any atom is -0.411 e. The molecule has 7 heteroatoms. The van der Waals surface area contributed by atoms with Crippen LogP contribution in [0.15, 0.2) is 23.4 Å². The normalized spacial score (nSPS) is 21.6. The molecule has 0 saturated carbocycles. The molecule has 6 nitrogen and oxygen atoms in total. The molecule has 0 bridgehead atoms. The fraction of sp³-hybridized carbons (Fsp3) is 0.500. The lowest BCUT2D eigenvalue weighted by atomic mass is 9.93. The summed E-state index contributed by atoms with van der Waals surface area (Å²) in [6, 6.07) is 4.00. The van der Waals surface area contributed by atoms with Crippen molar-refractivity contribution in [2.75, 3.05) is 13.1 Å². The first kappa shape index (κ1) is 15.4. The summed E-state index contributed by atoms with van der Waals surface area (Å²) in [6.45, 7) is 4.04. The Morgan fingerprint density at radius 1 is 1.57 bits per heavy atom. The number of oxime groups is 1. The van der Waals surface area contributed by atoms with Crippen LogP contribution in [0.2, 0.25) is 0 Å². The van der Waals surface area contributed by atoms with Crippen LogP contribution in [0.5, 0.6) is 0 Å². The van der Waals surface area contributed by atoms with Crippen molar-refractivity contribution in [2.24, 2.45) is 11.1 Å². The van der Waals surface area contributed by atoms with E-state index in [9.17, 15) is 14.5 Å². The second-order valence-corrected chi connectivity index (χ2v) is 5.22. The minimum atomic E-state index is -0.806. The quantitative estimate of drug-likeness (QED) is 0.526. The van der Waals surface area contributed by atoms with E-state index < -0.39 is 16.4 Å². The molecule has 1 fully saturated rings. The summed E-state index contributed by atoms with van der Waals surface area (Å²) in [7, 11) is 0. The van der Waals surface area contributed by atoms with E-state index >= 15 is 0 Å². The molecule has 1 aromatic rings. The van der Waals surface area contributed by atoms with Crippen molar-refractivity contribution in [3.63, 3.8) is 0 Å². The first-order chi connectivity index (χ1) is 10.0. The van der Waals surface area contributed by atoms with Gasteiger partial charge in [-0.15, -0.1) is 0 Å². The molecule has 0 aliphatic carbocycles. The highest BCUT2D eigenvalue weighted by Crippen LogP contribution is 2.22. The van der Waals surface area contributed by atoms with Crippen molar-refractivity contribution in [1.82, 2.24) is 4.90 Å². The van der Waals surface area contributed by atoms with Gasteiger partial charge in [0, 0.05) is 38.0 Å². The first-order valence-corrected chi connectivity index (χ1v) is 6.91. The van der Waals surface area contributed by atoms with Gasteiger partial charge in [-0.25, -0.2) is 0 Å². The molecule has 1 N–H and O–H groups in total. The second-order valence-electron chi connectivity index (χ2n) is 5.22. The molecule has 0 radical (unpaired) electrons. The summed E-state index contributed by atoms with van der Waals surface area (Å²) >= 11 is 0. The van der Waals surface area contributed by atoms with Crippen molar-refractivity contribution in [1.29, 1.82) is 0 Å². The standard InChI is InChI=1S/C14H18FN3O3/c1-2-11-9-17(6-5-13(11)16-19)8-10-3-4-14(18(20)21)12(15)7-10/h3-4,7,11,19H,2,5-6,8-9H2,1H3/b16-13+. The van der Waals surface area contributed by atoms with Gasteiger partial charge in [-0.05, 0) is 18.1 Å². The summed E-state index contributed by atoms with van der Waals surface area (Å²) in [5.74, 6) is -0.606. The maximum Gasteiger partial charge on any atom is 0.304 e. The van der Waals surface area contributed by atoms with Crippen LogP contribution >= 0.6 is 0 Å². The highest BCUT2D eigenvalue weighted by molar-refractivity contribution is 5.87. The van der Waals surface area contributed by atoms with E-state index in [1.54, 1.807) is 6.07 Å². The van der Waals surface area contributed by atoms with E-state index in [2.05, 4.69) is 10.1 Å². The number of nitro benzene ring substituents is 1. The molecule has 1 saturated heterocycles. The van der Waals surface area contributed by atoms with Crippen LogP contribution in [0.3, 0.4) is 0 Å². The molecule has 2 rings (SSSR count). The lowest BCUT2D eigenvalue weighted by Gasteiger charge is -2.32. The maximum atomic E-state index is 13.6. The van der Waals surface area contributed by atoms with E-state index in [1.165, 1.54) is 12.1 Å². The van der Waals surface area contributed by atoms with Crippen molar-refractivity contribution in [3.05, 3.63) is 39.7 Å². The molecule has 1 aliphatic rings. The zero-order valence-electron chi connectivity index (χ0n) is 11.8. The highest BCUT2D eigenvalue weighted by atomic mass is 19.1. The predicted octanol–water partition coefficient (Wildman–Crippen LogP) is 2.80. The Balaban J connectivity index is 2.05. The molecule has 0 aromatic heterocycles. The topological polar surface area (TPSA) is 79.0 Å². The van der Waals surface area contributed by atoms with Gasteiger partial charge >= 0.3 is 5.69 Å². The Hall–Kier alpha value is -2.02. The number of likely N-dealkylation sites (tertiary alicyclic amines) is 1. The SMILES string of the molecule is CCC1CN(Cc2ccc([N+](=O)[O-])c(F)c2)CC/C1=N\O. The van der Waals surface area contributed by atoms with Gasteiger partial charge < -0.3 is 5.21 Å². The Morgan fingerprint density at radius 3 is 2.90 bits per heavy atom. The molecular weight excluding hydrogens is 277 g/mol. The Morgan fingerprint density at radius 2 is 2.33 bits per heavy atom. The third kappa shape index (κ3) is 3.55. The fourth-order valence-corrected chi connectivity index (χ4v) is 2.68. The predicted molar refractivity (Wildman–Crippen MR) is 76.0 cm³/mol. The molecule has 1 unspecified atom stereocenters. The van der Waals surface area contributed by atoms with Crippen molar-refractivity contribution >= 4 is 11.4 Å². The van der Waals surface area contributed by atoms with Gasteiger partial charge in [-0.2, -0.15) is 4.39 Å². The summed E-state index contributed by atoms with van der Waals surface area (Å²) in [5, 5.41) is 22.9. The van der Waals surface area contributed by atoms with Crippen LogP contribution in [-0.4, -0.2) is 33.8 Å². The van der Waals surface area contributed by atoms with Gasteiger partial charge in [-0.1, -0.05) is 18.1 Å². The minimum absolute atomic E-state index is 0.201. The van der Waals surface area contributed by atoms with E-state index in [-0.39, 0.29) is 5.92 Å².